The first-order valence-electron chi connectivity index (χ1n) is 12.1. The van der Waals surface area contributed by atoms with Crippen molar-refractivity contribution < 1.29 is 21.6 Å². The van der Waals surface area contributed by atoms with Crippen LogP contribution in [0.4, 0.5) is 0 Å². The molecular weight excluding hydrogens is 607 g/mol. The number of piperazine rings is 1. The largest absolute Gasteiger partial charge is 0.345 e. The second-order valence-electron chi connectivity index (χ2n) is 9.57. The number of rotatable bonds is 7. The monoisotopic (exact) mass is 636 g/mol. The lowest BCUT2D eigenvalue weighted by molar-refractivity contribution is 0.0559. The molecule has 0 radical (unpaired) electrons. The molecule has 1 atom stereocenters. The Bertz CT molecular complexity index is 1590. The lowest BCUT2D eigenvalue weighted by atomic mass is 10.1. The molecule has 2 aliphatic rings. The summed E-state index contributed by atoms with van der Waals surface area (Å²) >= 11 is 7.41. The molecule has 5 rings (SSSR count). The molecular formula is C23H30Cl2N6O5S3. The van der Waals surface area contributed by atoms with E-state index in [-0.39, 0.29) is 55.1 Å². The highest BCUT2D eigenvalue weighted by molar-refractivity contribution is 7.89. The van der Waals surface area contributed by atoms with E-state index < -0.39 is 26.1 Å². The summed E-state index contributed by atoms with van der Waals surface area (Å²) in [5.41, 5.74) is 1.56. The Morgan fingerprint density at radius 2 is 1.97 bits per heavy atom. The van der Waals surface area contributed by atoms with E-state index in [1.165, 1.54) is 28.8 Å². The highest BCUT2D eigenvalue weighted by atomic mass is 35.5. The molecule has 214 valence electrons. The van der Waals surface area contributed by atoms with Crippen LogP contribution in [0.5, 0.6) is 0 Å². The summed E-state index contributed by atoms with van der Waals surface area (Å²) in [5.74, 6) is -0.535. The van der Waals surface area contributed by atoms with Crippen molar-refractivity contribution in [2.75, 3.05) is 46.0 Å². The molecule has 1 aromatic carbocycles. The predicted octanol–water partition coefficient (Wildman–Crippen LogP) is 2.14. The summed E-state index contributed by atoms with van der Waals surface area (Å²) in [6.07, 6.45) is 0.845. The Labute approximate surface area is 243 Å². The summed E-state index contributed by atoms with van der Waals surface area (Å²) in [4.78, 5) is 25.9. The van der Waals surface area contributed by atoms with Crippen LogP contribution in [0.15, 0.2) is 29.3 Å². The van der Waals surface area contributed by atoms with Crippen molar-refractivity contribution >= 4 is 72.2 Å². The van der Waals surface area contributed by atoms with Gasteiger partial charge in [-0.05, 0) is 44.8 Å². The Morgan fingerprint density at radius 3 is 2.72 bits per heavy atom. The van der Waals surface area contributed by atoms with Crippen LogP contribution >= 0.6 is 35.3 Å². The van der Waals surface area contributed by atoms with Gasteiger partial charge in [-0.15, -0.1) is 23.7 Å². The zero-order valence-corrected chi connectivity index (χ0v) is 25.4. The molecule has 2 aliphatic heterocycles. The van der Waals surface area contributed by atoms with Crippen LogP contribution in [0, 0.1) is 0 Å². The molecule has 3 aromatic rings. The van der Waals surface area contributed by atoms with Gasteiger partial charge in [0.05, 0.1) is 11.4 Å². The molecule has 39 heavy (non-hydrogen) atoms. The third-order valence-electron chi connectivity index (χ3n) is 7.02. The van der Waals surface area contributed by atoms with Crippen molar-refractivity contribution in [1.82, 2.24) is 28.8 Å². The van der Waals surface area contributed by atoms with E-state index in [4.69, 9.17) is 11.6 Å². The number of halogens is 2. The summed E-state index contributed by atoms with van der Waals surface area (Å²) in [6.45, 7) is 1.76. The Kier molecular flexibility index (Phi) is 8.98. The van der Waals surface area contributed by atoms with Crippen LogP contribution in [0.1, 0.15) is 26.8 Å². The van der Waals surface area contributed by atoms with E-state index in [9.17, 15) is 21.6 Å². The third kappa shape index (κ3) is 6.27. The average Bonchev–Trinajstić information content (AvgIpc) is 3.51. The number of amides is 1. The van der Waals surface area contributed by atoms with E-state index in [1.54, 1.807) is 23.1 Å². The summed E-state index contributed by atoms with van der Waals surface area (Å²) in [7, 11) is -4.15. The minimum Gasteiger partial charge on any atom is -0.345 e. The van der Waals surface area contributed by atoms with Crippen molar-refractivity contribution in [3.05, 3.63) is 44.9 Å². The maximum Gasteiger partial charge on any atom is 0.283 e. The minimum absolute atomic E-state index is 0. The minimum atomic E-state index is -3.94. The number of H-pyrrole nitrogens is 1. The van der Waals surface area contributed by atoms with Crippen LogP contribution in [0.25, 0.3) is 10.9 Å². The van der Waals surface area contributed by atoms with E-state index in [0.717, 1.165) is 30.1 Å². The Hall–Kier alpha value is -1.78. The highest BCUT2D eigenvalue weighted by Crippen LogP contribution is 2.29. The van der Waals surface area contributed by atoms with E-state index >= 15 is 0 Å². The van der Waals surface area contributed by atoms with E-state index in [2.05, 4.69) is 19.6 Å². The van der Waals surface area contributed by atoms with Gasteiger partial charge in [0, 0.05) is 66.0 Å². The molecule has 1 fully saturated rings. The number of sulfonamides is 2. The number of nitrogens with zero attached hydrogens (tertiary/aromatic N) is 4. The first-order valence-corrected chi connectivity index (χ1v) is 16.4. The molecule has 11 nitrogen and oxygen atoms in total. The van der Waals surface area contributed by atoms with E-state index in [0.29, 0.717) is 20.9 Å². The van der Waals surface area contributed by atoms with Gasteiger partial charge in [0.15, 0.2) is 5.01 Å². The third-order valence-corrected chi connectivity index (χ3v) is 11.5. The van der Waals surface area contributed by atoms with Gasteiger partial charge in [0.2, 0.25) is 10.0 Å². The number of hydrogen-bond donors (Lipinski definition) is 2. The van der Waals surface area contributed by atoms with Crippen molar-refractivity contribution in [1.29, 1.82) is 0 Å². The number of aromatic nitrogens is 2. The number of aromatic amines is 1. The Morgan fingerprint density at radius 1 is 1.21 bits per heavy atom. The molecule has 1 unspecified atom stereocenters. The SMILES string of the molecule is CNS(=O)(=O)CCC1CN(S(=O)(=O)c2cc3cc(Cl)ccc3[nH]2)CCN1C(=O)c1nc2c(s1)CN(C)CC2.Cl. The van der Waals surface area contributed by atoms with Gasteiger partial charge in [-0.25, -0.2) is 26.5 Å². The van der Waals surface area contributed by atoms with Gasteiger partial charge in [-0.3, -0.25) is 4.79 Å². The predicted molar refractivity (Wildman–Crippen MR) is 154 cm³/mol. The van der Waals surface area contributed by atoms with Crippen LogP contribution < -0.4 is 4.72 Å². The normalized spacial score (nSPS) is 19.2. The van der Waals surface area contributed by atoms with Gasteiger partial charge >= 0.3 is 0 Å². The maximum absolute atomic E-state index is 13.6. The molecule has 1 saturated heterocycles. The van der Waals surface area contributed by atoms with Crippen molar-refractivity contribution in [2.24, 2.45) is 0 Å². The van der Waals surface area contributed by atoms with Gasteiger partial charge in [0.25, 0.3) is 15.9 Å². The first kappa shape index (κ1) is 30.2. The smallest absolute Gasteiger partial charge is 0.283 e. The first-order chi connectivity index (χ1) is 18.0. The zero-order chi connectivity index (χ0) is 27.2. The second-order valence-corrected chi connectivity index (χ2v) is 15.0. The molecule has 16 heteroatoms. The molecule has 0 bridgehead atoms. The fourth-order valence-electron chi connectivity index (χ4n) is 4.85. The molecule has 0 saturated carbocycles. The molecule has 0 spiro atoms. The quantitative estimate of drug-likeness (QED) is 0.405. The van der Waals surface area contributed by atoms with Crippen molar-refractivity contribution in [2.45, 2.75) is 30.5 Å². The number of nitrogens with one attached hydrogen (secondary N) is 2. The fraction of sp³-hybridized carbons (Fsp3) is 0.478. The number of thiazole rings is 1. The maximum atomic E-state index is 13.6. The number of benzene rings is 1. The van der Waals surface area contributed by atoms with Crippen LogP contribution in [0.2, 0.25) is 5.02 Å². The van der Waals surface area contributed by atoms with Gasteiger partial charge in [0.1, 0.15) is 5.03 Å². The lowest BCUT2D eigenvalue weighted by Gasteiger charge is -2.40. The second kappa shape index (κ2) is 11.6. The standard InChI is InChI=1S/C23H29ClN6O5S3.ClH/c1-25-37(32,33)10-6-17-13-29(38(34,35)21-12-15-11-16(24)3-4-18(15)26-21)8-9-30(17)23(31)22-27-19-5-7-28(2)14-20(19)36-22;/h3-4,11-12,17,25-26H,5-10,13-14H2,1-2H3;1H. The topological polar surface area (TPSA) is 136 Å². The number of likely N-dealkylation sites (N-methyl/N-ethyl adjacent to an activating group) is 1. The van der Waals surface area contributed by atoms with Crippen LogP contribution in [-0.4, -0.2) is 98.9 Å². The summed E-state index contributed by atoms with van der Waals surface area (Å²) in [5, 5.41) is 1.54. The lowest BCUT2D eigenvalue weighted by Crippen LogP contribution is -2.57. The Balaban J connectivity index is 0.00000353. The van der Waals surface area contributed by atoms with Crippen LogP contribution in [0.3, 0.4) is 0 Å². The van der Waals surface area contributed by atoms with Gasteiger partial charge < -0.3 is 14.8 Å². The number of carbonyl (C=O) groups is 1. The molecule has 2 N–H and O–H groups in total. The number of fused-ring (bicyclic) bond motifs is 2. The molecule has 0 aliphatic carbocycles. The van der Waals surface area contributed by atoms with E-state index in [1.807, 2.05) is 7.05 Å². The number of hydrogen-bond acceptors (Lipinski definition) is 8. The van der Waals surface area contributed by atoms with Gasteiger partial charge in [-0.1, -0.05) is 11.6 Å². The molecule has 4 heterocycles. The van der Waals surface area contributed by atoms with Crippen molar-refractivity contribution in [3.63, 3.8) is 0 Å². The fourth-order valence-corrected chi connectivity index (χ4v) is 8.44. The molecule has 2 aromatic heterocycles. The van der Waals surface area contributed by atoms with Gasteiger partial charge in [-0.2, -0.15) is 4.31 Å². The summed E-state index contributed by atoms with van der Waals surface area (Å²) in [6, 6.07) is 5.96. The molecule has 1 amide bonds. The van der Waals surface area contributed by atoms with Crippen LogP contribution in [-0.2, 0) is 33.0 Å². The highest BCUT2D eigenvalue weighted by Gasteiger charge is 2.38. The summed E-state index contributed by atoms with van der Waals surface area (Å²) < 4.78 is 55.1. The van der Waals surface area contributed by atoms with Crippen molar-refractivity contribution in [3.8, 4) is 0 Å². The number of carbonyl (C=O) groups excluding carboxylic acids is 1. The average molecular weight is 638 g/mol. The zero-order valence-electron chi connectivity index (χ0n) is 21.4.